The molecule has 1 unspecified atom stereocenters. The predicted molar refractivity (Wildman–Crippen MR) is 152 cm³/mol. The average molecular weight is 538 g/mol. The highest BCUT2D eigenvalue weighted by molar-refractivity contribution is 6.30. The molecule has 0 spiro atoms. The third kappa shape index (κ3) is 5.01. The minimum atomic E-state index is -0.519. The summed E-state index contributed by atoms with van der Waals surface area (Å²) in [6.45, 7) is 4.70. The molecule has 3 aromatic carbocycles. The van der Waals surface area contributed by atoms with Crippen LogP contribution in [-0.2, 0) is 12.5 Å². The fourth-order valence-electron chi connectivity index (χ4n) is 4.72. The maximum atomic E-state index is 12.9. The van der Waals surface area contributed by atoms with Crippen LogP contribution in [0.15, 0.2) is 90.1 Å². The number of H-pyrrole nitrogens is 1. The van der Waals surface area contributed by atoms with Crippen molar-refractivity contribution >= 4 is 34.9 Å². The zero-order valence-electron chi connectivity index (χ0n) is 20.8. The van der Waals surface area contributed by atoms with Crippen LogP contribution in [0.2, 0.25) is 5.02 Å². The summed E-state index contributed by atoms with van der Waals surface area (Å²) in [5.41, 5.74) is 5.20. The number of rotatable bonds is 6. The van der Waals surface area contributed by atoms with Gasteiger partial charge in [-0.05, 0) is 72.5 Å². The van der Waals surface area contributed by atoms with Crippen molar-refractivity contribution in [2.45, 2.75) is 19.3 Å². The van der Waals surface area contributed by atoms with E-state index in [4.69, 9.17) is 16.3 Å². The van der Waals surface area contributed by atoms with Crippen LogP contribution in [0, 0.1) is 0 Å². The first kappa shape index (κ1) is 28.0. The molecule has 1 atom stereocenters. The standard InChI is InChI=1S/C29H26ClN3O2.ClH.H2O/c1-4-35-23-7-5-6-19(14-23)24-16-28(34)33(3)26-13-10-21(15-25(24)26)29(2,27-17-31-18-32-27)20-8-11-22(30)12-9-20;;/h5-18H,4H2,1-3H3,(H,31,32);1H;1H2. The molecule has 6 nitrogen and oxygen atoms in total. The van der Waals surface area contributed by atoms with Crippen molar-refractivity contribution in [3.8, 4) is 16.9 Å². The Kier molecular flexibility index (Phi) is 8.49. The number of imidazole rings is 1. The van der Waals surface area contributed by atoms with Crippen molar-refractivity contribution < 1.29 is 10.2 Å². The van der Waals surface area contributed by atoms with E-state index in [1.54, 1.807) is 24.0 Å². The van der Waals surface area contributed by atoms with Crippen molar-refractivity contribution in [2.24, 2.45) is 7.05 Å². The monoisotopic (exact) mass is 537 g/mol. The molecule has 3 N–H and O–H groups in total. The second-order valence-corrected chi connectivity index (χ2v) is 9.18. The summed E-state index contributed by atoms with van der Waals surface area (Å²) >= 11 is 6.20. The van der Waals surface area contributed by atoms with Crippen molar-refractivity contribution in [3.05, 3.63) is 118 Å². The van der Waals surface area contributed by atoms with Gasteiger partial charge in [0.2, 0.25) is 0 Å². The van der Waals surface area contributed by atoms with Gasteiger partial charge in [-0.1, -0.05) is 41.9 Å². The maximum Gasteiger partial charge on any atom is 0.251 e. The first-order valence-corrected chi connectivity index (χ1v) is 11.9. The van der Waals surface area contributed by atoms with Gasteiger partial charge in [-0.2, -0.15) is 0 Å². The molecular weight excluding hydrogens is 509 g/mol. The molecule has 37 heavy (non-hydrogen) atoms. The molecule has 0 amide bonds. The number of nitrogens with zero attached hydrogens (tertiary/aromatic N) is 2. The topological polar surface area (TPSA) is 91.4 Å². The molecule has 0 saturated heterocycles. The lowest BCUT2D eigenvalue weighted by atomic mass is 9.73. The Morgan fingerprint density at radius 1 is 1.03 bits per heavy atom. The van der Waals surface area contributed by atoms with Crippen LogP contribution >= 0.6 is 24.0 Å². The van der Waals surface area contributed by atoms with Crippen molar-refractivity contribution in [1.29, 1.82) is 0 Å². The first-order chi connectivity index (χ1) is 16.9. The molecule has 2 aromatic heterocycles. The Labute approximate surface area is 226 Å². The van der Waals surface area contributed by atoms with Gasteiger partial charge in [-0.3, -0.25) is 4.79 Å². The third-order valence-corrected chi connectivity index (χ3v) is 6.99. The summed E-state index contributed by atoms with van der Waals surface area (Å²) < 4.78 is 7.41. The number of halogens is 2. The molecule has 0 radical (unpaired) electrons. The molecule has 8 heteroatoms. The summed E-state index contributed by atoms with van der Waals surface area (Å²) in [5, 5.41) is 1.67. The molecule has 0 fully saturated rings. The van der Waals surface area contributed by atoms with Gasteiger partial charge in [0.15, 0.2) is 0 Å². The van der Waals surface area contributed by atoms with E-state index in [-0.39, 0.29) is 23.4 Å². The summed E-state index contributed by atoms with van der Waals surface area (Å²) in [7, 11) is 1.80. The van der Waals surface area contributed by atoms with Crippen molar-refractivity contribution in [2.75, 3.05) is 6.61 Å². The SMILES string of the molecule is CCOc1cccc(-c2cc(=O)n(C)c3ccc(C(C)(c4ccc(Cl)cc4)c4cnc[nH]4)cc23)c1.Cl.O. The van der Waals surface area contributed by atoms with Gasteiger partial charge in [0.1, 0.15) is 5.75 Å². The second kappa shape index (κ2) is 11.2. The summed E-state index contributed by atoms with van der Waals surface area (Å²) in [6, 6.07) is 23.7. The molecule has 5 aromatic rings. The summed E-state index contributed by atoms with van der Waals surface area (Å²) in [4.78, 5) is 20.5. The minimum Gasteiger partial charge on any atom is -0.494 e. The Bertz CT molecular complexity index is 1560. The van der Waals surface area contributed by atoms with E-state index in [0.29, 0.717) is 11.6 Å². The highest BCUT2D eigenvalue weighted by Crippen LogP contribution is 2.40. The van der Waals surface area contributed by atoms with Crippen LogP contribution in [0.3, 0.4) is 0 Å². The van der Waals surface area contributed by atoms with Gasteiger partial charge >= 0.3 is 0 Å². The largest absolute Gasteiger partial charge is 0.494 e. The number of hydrogen-bond donors (Lipinski definition) is 1. The van der Waals surface area contributed by atoms with Crippen LogP contribution in [0.5, 0.6) is 5.75 Å². The number of fused-ring (bicyclic) bond motifs is 1. The van der Waals surface area contributed by atoms with Crippen LogP contribution in [-0.4, -0.2) is 26.6 Å². The number of benzene rings is 3. The third-order valence-electron chi connectivity index (χ3n) is 6.74. The number of hydrogen-bond acceptors (Lipinski definition) is 3. The van der Waals surface area contributed by atoms with Gasteiger partial charge in [-0.15, -0.1) is 12.4 Å². The number of nitrogens with one attached hydrogen (secondary N) is 1. The van der Waals surface area contributed by atoms with Crippen LogP contribution in [0.1, 0.15) is 30.7 Å². The van der Waals surface area contributed by atoms with E-state index in [1.165, 1.54) is 0 Å². The molecular formula is C29H29Cl2N3O3. The van der Waals surface area contributed by atoms with E-state index < -0.39 is 5.41 Å². The number of aromatic amines is 1. The molecule has 0 aliphatic heterocycles. The molecule has 0 bridgehead atoms. The highest BCUT2D eigenvalue weighted by Gasteiger charge is 2.33. The Balaban J connectivity index is 0.00000190. The molecule has 192 valence electrons. The molecule has 5 rings (SSSR count). The van der Waals surface area contributed by atoms with E-state index in [9.17, 15) is 4.79 Å². The zero-order chi connectivity index (χ0) is 24.6. The van der Waals surface area contributed by atoms with E-state index in [2.05, 4.69) is 29.0 Å². The van der Waals surface area contributed by atoms with E-state index >= 15 is 0 Å². The Morgan fingerprint density at radius 2 is 1.76 bits per heavy atom. The van der Waals surface area contributed by atoms with Crippen molar-refractivity contribution in [3.63, 3.8) is 0 Å². The average Bonchev–Trinajstić information content (AvgIpc) is 3.42. The summed E-state index contributed by atoms with van der Waals surface area (Å²) in [5.74, 6) is 0.776. The second-order valence-electron chi connectivity index (χ2n) is 8.75. The van der Waals surface area contributed by atoms with Crippen LogP contribution in [0.4, 0.5) is 0 Å². The Hall–Kier alpha value is -3.58. The van der Waals surface area contributed by atoms with Crippen molar-refractivity contribution in [1.82, 2.24) is 14.5 Å². The maximum absolute atomic E-state index is 12.9. The molecule has 0 aliphatic rings. The van der Waals surface area contributed by atoms with Gasteiger partial charge in [-0.25, -0.2) is 4.98 Å². The fourth-order valence-corrected chi connectivity index (χ4v) is 4.85. The number of aryl methyl sites for hydroxylation is 1. The predicted octanol–water partition coefficient (Wildman–Crippen LogP) is 5.93. The molecule has 0 aliphatic carbocycles. The van der Waals surface area contributed by atoms with Gasteiger partial charge in [0, 0.05) is 35.4 Å². The quantitative estimate of drug-likeness (QED) is 0.290. The number of pyridine rings is 1. The van der Waals surface area contributed by atoms with Crippen LogP contribution < -0.4 is 10.3 Å². The van der Waals surface area contributed by atoms with Gasteiger partial charge < -0.3 is 19.8 Å². The smallest absolute Gasteiger partial charge is 0.251 e. The lowest BCUT2D eigenvalue weighted by Gasteiger charge is -2.30. The zero-order valence-corrected chi connectivity index (χ0v) is 22.4. The van der Waals surface area contributed by atoms with Gasteiger partial charge in [0.05, 0.1) is 23.9 Å². The van der Waals surface area contributed by atoms with E-state index in [0.717, 1.165) is 44.6 Å². The number of aromatic nitrogens is 3. The Morgan fingerprint density at radius 3 is 2.43 bits per heavy atom. The van der Waals surface area contributed by atoms with Gasteiger partial charge in [0.25, 0.3) is 5.56 Å². The summed E-state index contributed by atoms with van der Waals surface area (Å²) in [6.07, 6.45) is 3.55. The number of ether oxygens (including phenoxy) is 1. The van der Waals surface area contributed by atoms with E-state index in [1.807, 2.05) is 67.7 Å². The minimum absolute atomic E-state index is 0. The highest BCUT2D eigenvalue weighted by atomic mass is 35.5. The molecule has 2 heterocycles. The molecule has 0 saturated carbocycles. The van der Waals surface area contributed by atoms with Crippen LogP contribution in [0.25, 0.3) is 22.0 Å². The lowest BCUT2D eigenvalue weighted by Crippen LogP contribution is -2.26. The normalized spacial score (nSPS) is 12.3. The first-order valence-electron chi connectivity index (χ1n) is 11.5. The lowest BCUT2D eigenvalue weighted by molar-refractivity contribution is 0.340. The fraction of sp³-hybridized carbons (Fsp3) is 0.172.